The molecule has 7 rings (SSSR count). The van der Waals surface area contributed by atoms with Crippen LogP contribution < -0.4 is 5.32 Å². The lowest BCUT2D eigenvalue weighted by atomic mass is 9.41. The van der Waals surface area contributed by atoms with Gasteiger partial charge in [0.1, 0.15) is 12.2 Å². The fourth-order valence-corrected chi connectivity index (χ4v) is 13.5. The molecule has 260 valence electrons. The standard InChI is InChI=1S/C37H60N2O7/c1-21(2)28(46-31(41)38-8)23-19-22(3)27-29(44-23)30(40)35(7)25-10-9-24-33(4,5)26(45-32(42)39-15-17-43-18-16-39)11-12-36(24)20-37(25,36)14-13-34(27,35)6/h21-30,40H,9-20H2,1-8H3,(H,38,41)/t22?,23?,24?,25?,26-,27?,28+,29?,30-,34+,35+,36+,37-/m0/s1. The summed E-state index contributed by atoms with van der Waals surface area (Å²) in [5, 5.41) is 15.2. The first kappa shape index (κ1) is 32.9. The number of rotatable bonds is 4. The molecule has 7 aliphatic rings. The fourth-order valence-electron chi connectivity index (χ4n) is 13.5. The maximum absolute atomic E-state index is 13.2. The van der Waals surface area contributed by atoms with Crippen molar-refractivity contribution in [2.45, 2.75) is 130 Å². The molecular weight excluding hydrogens is 584 g/mol. The number of alkyl carbamates (subject to hydrolysis) is 1. The molecule has 5 aliphatic carbocycles. The molecule has 5 saturated carbocycles. The number of carbonyl (C=O) groups is 2. The van der Waals surface area contributed by atoms with Gasteiger partial charge in [0.05, 0.1) is 31.5 Å². The molecule has 0 aromatic rings. The Morgan fingerprint density at radius 2 is 1.65 bits per heavy atom. The number of carbonyl (C=O) groups excluding carboxylic acids is 2. The van der Waals surface area contributed by atoms with Gasteiger partial charge in [0.2, 0.25) is 0 Å². The largest absolute Gasteiger partial charge is 0.446 e. The lowest BCUT2D eigenvalue weighted by Gasteiger charge is -2.63. The molecule has 46 heavy (non-hydrogen) atoms. The first-order chi connectivity index (χ1) is 21.7. The van der Waals surface area contributed by atoms with Crippen LogP contribution in [0.2, 0.25) is 0 Å². The zero-order valence-corrected chi connectivity index (χ0v) is 29.6. The van der Waals surface area contributed by atoms with Crippen molar-refractivity contribution in [3.8, 4) is 0 Å². The maximum atomic E-state index is 13.2. The summed E-state index contributed by atoms with van der Waals surface area (Å²) in [7, 11) is 1.59. The van der Waals surface area contributed by atoms with Crippen molar-refractivity contribution >= 4 is 12.2 Å². The number of hydrogen-bond acceptors (Lipinski definition) is 7. The minimum absolute atomic E-state index is 0.0244. The quantitative estimate of drug-likeness (QED) is 0.386. The molecule has 0 radical (unpaired) electrons. The highest BCUT2D eigenvalue weighted by Gasteiger charge is 2.84. The minimum Gasteiger partial charge on any atom is -0.446 e. The third-order valence-corrected chi connectivity index (χ3v) is 15.7. The highest BCUT2D eigenvalue weighted by Crippen LogP contribution is 2.89. The summed E-state index contributed by atoms with van der Waals surface area (Å²) in [6.45, 7) is 18.5. The predicted octanol–water partition coefficient (Wildman–Crippen LogP) is 6.02. The fraction of sp³-hybridized carbons (Fsp3) is 0.946. The Kier molecular flexibility index (Phi) is 7.85. The molecule has 2 N–H and O–H groups in total. The van der Waals surface area contributed by atoms with E-state index in [1.165, 1.54) is 12.8 Å². The lowest BCUT2D eigenvalue weighted by Crippen LogP contribution is -2.60. The molecule has 9 heteroatoms. The van der Waals surface area contributed by atoms with Crippen molar-refractivity contribution < 1.29 is 33.6 Å². The van der Waals surface area contributed by atoms with E-state index in [0.717, 1.165) is 38.5 Å². The monoisotopic (exact) mass is 644 g/mol. The van der Waals surface area contributed by atoms with E-state index in [2.05, 4.69) is 53.8 Å². The molecule has 2 heterocycles. The molecule has 7 fully saturated rings. The Morgan fingerprint density at radius 3 is 2.33 bits per heavy atom. The van der Waals surface area contributed by atoms with Crippen LogP contribution in [0.15, 0.2) is 0 Å². The van der Waals surface area contributed by atoms with E-state index in [-0.39, 0.29) is 69.4 Å². The zero-order valence-electron chi connectivity index (χ0n) is 29.6. The molecule has 6 unspecified atom stereocenters. The molecule has 9 nitrogen and oxygen atoms in total. The Morgan fingerprint density at radius 1 is 0.978 bits per heavy atom. The number of nitrogens with zero attached hydrogens (tertiary/aromatic N) is 1. The van der Waals surface area contributed by atoms with Gasteiger partial charge >= 0.3 is 12.2 Å². The van der Waals surface area contributed by atoms with Gasteiger partial charge in [0, 0.05) is 31.0 Å². The summed E-state index contributed by atoms with van der Waals surface area (Å²) in [5.74, 6) is 1.68. The van der Waals surface area contributed by atoms with Crippen molar-refractivity contribution in [1.29, 1.82) is 0 Å². The Bertz CT molecular complexity index is 1220. The van der Waals surface area contributed by atoms with Crippen LogP contribution in [0.5, 0.6) is 0 Å². The van der Waals surface area contributed by atoms with Gasteiger partial charge in [0.15, 0.2) is 0 Å². The van der Waals surface area contributed by atoms with Gasteiger partial charge in [-0.2, -0.15) is 0 Å². The Labute approximate surface area is 276 Å². The summed E-state index contributed by atoms with van der Waals surface area (Å²) in [6.07, 6.45) is 6.56. The highest BCUT2D eigenvalue weighted by molar-refractivity contribution is 5.68. The minimum atomic E-state index is -0.559. The number of fused-ring (bicyclic) bond motifs is 4. The number of hydrogen-bond donors (Lipinski definition) is 2. The average molecular weight is 645 g/mol. The number of amides is 2. The number of aliphatic hydroxyl groups excluding tert-OH is 1. The smallest absolute Gasteiger partial charge is 0.410 e. The molecular formula is C37H60N2O7. The number of nitrogens with one attached hydrogen (secondary N) is 1. The van der Waals surface area contributed by atoms with Gasteiger partial charge in [0.25, 0.3) is 0 Å². The average Bonchev–Trinajstić information content (AvgIpc) is 3.65. The van der Waals surface area contributed by atoms with E-state index in [9.17, 15) is 14.7 Å². The molecule has 13 atom stereocenters. The highest BCUT2D eigenvalue weighted by atomic mass is 16.6. The molecule has 2 spiro atoms. The van der Waals surface area contributed by atoms with Gasteiger partial charge in [-0.3, -0.25) is 0 Å². The van der Waals surface area contributed by atoms with Crippen molar-refractivity contribution in [3.05, 3.63) is 0 Å². The summed E-state index contributed by atoms with van der Waals surface area (Å²) in [6, 6.07) is 0. The number of aliphatic hydroxyl groups is 1. The molecule has 2 aliphatic heterocycles. The third-order valence-electron chi connectivity index (χ3n) is 15.7. The van der Waals surface area contributed by atoms with Gasteiger partial charge in [-0.15, -0.1) is 0 Å². The van der Waals surface area contributed by atoms with Crippen LogP contribution in [-0.4, -0.2) is 86.1 Å². The lowest BCUT2D eigenvalue weighted by molar-refractivity contribution is -0.185. The Balaban J connectivity index is 1.13. The van der Waals surface area contributed by atoms with Crippen molar-refractivity contribution in [2.24, 2.45) is 56.7 Å². The molecule has 2 amide bonds. The molecule has 0 aromatic heterocycles. The van der Waals surface area contributed by atoms with Crippen LogP contribution in [0, 0.1) is 56.7 Å². The van der Waals surface area contributed by atoms with E-state index in [1.54, 1.807) is 7.05 Å². The van der Waals surface area contributed by atoms with Crippen molar-refractivity contribution in [2.75, 3.05) is 33.4 Å². The van der Waals surface area contributed by atoms with Gasteiger partial charge in [-0.05, 0) is 97.2 Å². The summed E-state index contributed by atoms with van der Waals surface area (Å²) in [5.41, 5.74) is 0.124. The first-order valence-electron chi connectivity index (χ1n) is 18.4. The summed E-state index contributed by atoms with van der Waals surface area (Å²) in [4.78, 5) is 27.3. The van der Waals surface area contributed by atoms with Crippen molar-refractivity contribution in [3.63, 3.8) is 0 Å². The van der Waals surface area contributed by atoms with E-state index in [4.69, 9.17) is 18.9 Å². The van der Waals surface area contributed by atoms with E-state index in [0.29, 0.717) is 44.1 Å². The normalized spacial score (nSPS) is 49.4. The second kappa shape index (κ2) is 11.0. The van der Waals surface area contributed by atoms with Crippen LogP contribution in [0.1, 0.15) is 99.8 Å². The SMILES string of the molecule is CNC(=O)O[C@H](C(C)C)C1CC(C)C2C(O1)[C@H](O)[C@@]1(C)C3CCC4C(C)(C)[C@@H](OC(=O)N5CCOCC5)CC[C@@]45C[C@@]35CC[C@]21C. The first-order valence-corrected chi connectivity index (χ1v) is 18.4. The third kappa shape index (κ3) is 4.28. The second-order valence-electron chi connectivity index (χ2n) is 17.9. The molecule has 2 saturated heterocycles. The topological polar surface area (TPSA) is 107 Å². The maximum Gasteiger partial charge on any atom is 0.410 e. The van der Waals surface area contributed by atoms with Crippen LogP contribution in [-0.2, 0) is 18.9 Å². The van der Waals surface area contributed by atoms with Gasteiger partial charge in [-0.25, -0.2) is 9.59 Å². The summed E-state index contributed by atoms with van der Waals surface area (Å²) >= 11 is 0. The van der Waals surface area contributed by atoms with Gasteiger partial charge in [-0.1, -0.05) is 48.5 Å². The number of ether oxygens (including phenoxy) is 4. The van der Waals surface area contributed by atoms with E-state index >= 15 is 0 Å². The van der Waals surface area contributed by atoms with Crippen LogP contribution >= 0.6 is 0 Å². The van der Waals surface area contributed by atoms with E-state index < -0.39 is 12.2 Å². The molecule has 0 aromatic carbocycles. The van der Waals surface area contributed by atoms with Crippen LogP contribution in [0.3, 0.4) is 0 Å². The zero-order chi connectivity index (χ0) is 33.0. The van der Waals surface area contributed by atoms with E-state index in [1.807, 2.05) is 4.90 Å². The summed E-state index contributed by atoms with van der Waals surface area (Å²) < 4.78 is 24.6. The molecule has 0 bridgehead atoms. The van der Waals surface area contributed by atoms with Crippen LogP contribution in [0.25, 0.3) is 0 Å². The van der Waals surface area contributed by atoms with Crippen molar-refractivity contribution in [1.82, 2.24) is 10.2 Å². The Hall–Kier alpha value is -1.58. The van der Waals surface area contributed by atoms with Crippen LogP contribution in [0.4, 0.5) is 9.59 Å². The number of morpholine rings is 1. The van der Waals surface area contributed by atoms with Gasteiger partial charge < -0.3 is 34.3 Å². The predicted molar refractivity (Wildman–Crippen MR) is 173 cm³/mol. The second-order valence-corrected chi connectivity index (χ2v) is 17.9.